The summed E-state index contributed by atoms with van der Waals surface area (Å²) in [5, 5.41) is 0. The van der Waals surface area contributed by atoms with E-state index in [1.807, 2.05) is 18.2 Å². The van der Waals surface area contributed by atoms with Crippen molar-refractivity contribution in [2.45, 2.75) is 38.5 Å². The highest BCUT2D eigenvalue weighted by molar-refractivity contribution is 5.60. The van der Waals surface area contributed by atoms with Crippen molar-refractivity contribution in [1.82, 2.24) is 0 Å². The number of carbonyl (C=O) groups excluding carboxylic acids is 1. The Kier molecular flexibility index (Phi) is 5.03. The summed E-state index contributed by atoms with van der Waals surface area (Å²) >= 11 is 0. The number of carbonyl (C=O) groups is 1. The summed E-state index contributed by atoms with van der Waals surface area (Å²) in [6, 6.07) is 18.9. The molecule has 1 aliphatic carbocycles. The van der Waals surface area contributed by atoms with Crippen LogP contribution in [0, 0.1) is 11.3 Å². The van der Waals surface area contributed by atoms with Crippen LogP contribution in [0.3, 0.4) is 0 Å². The minimum atomic E-state index is -0.251. The number of rotatable bonds is 5. The molecule has 0 saturated heterocycles. The maximum atomic E-state index is 11.9. The van der Waals surface area contributed by atoms with E-state index in [0.717, 1.165) is 31.4 Å². The third kappa shape index (κ3) is 3.38. The van der Waals surface area contributed by atoms with Gasteiger partial charge in [-0.05, 0) is 54.4 Å². The smallest absolute Gasteiger partial charge is 0.126 e. The molecule has 3 atom stereocenters. The lowest BCUT2D eigenvalue weighted by atomic mass is 9.60. The van der Waals surface area contributed by atoms with E-state index in [4.69, 9.17) is 4.74 Å². The van der Waals surface area contributed by atoms with Gasteiger partial charge in [-0.3, -0.25) is 0 Å². The average molecular weight is 322 g/mol. The van der Waals surface area contributed by atoms with Gasteiger partial charge in [0, 0.05) is 5.41 Å². The largest absolute Gasteiger partial charge is 0.497 e. The second kappa shape index (κ2) is 7.21. The van der Waals surface area contributed by atoms with Crippen molar-refractivity contribution >= 4 is 6.29 Å². The first-order valence-electron chi connectivity index (χ1n) is 8.80. The number of methoxy groups -OCH3 is 1. The van der Waals surface area contributed by atoms with Gasteiger partial charge in [0.2, 0.25) is 0 Å². The molecule has 0 heterocycles. The zero-order chi connectivity index (χ0) is 17.0. The average Bonchev–Trinajstić information content (AvgIpc) is 2.64. The Morgan fingerprint density at radius 1 is 1.12 bits per heavy atom. The molecule has 0 spiro atoms. The van der Waals surface area contributed by atoms with Crippen LogP contribution in [0.1, 0.15) is 43.2 Å². The minimum absolute atomic E-state index is 0.251. The number of hydrogen-bond acceptors (Lipinski definition) is 2. The Labute approximate surface area is 144 Å². The quantitative estimate of drug-likeness (QED) is 0.722. The van der Waals surface area contributed by atoms with Gasteiger partial charge in [0.25, 0.3) is 0 Å². The first-order valence-corrected chi connectivity index (χ1v) is 8.80. The van der Waals surface area contributed by atoms with Crippen molar-refractivity contribution in [3.8, 4) is 5.75 Å². The Morgan fingerprint density at radius 3 is 2.46 bits per heavy atom. The van der Waals surface area contributed by atoms with Gasteiger partial charge in [-0.2, -0.15) is 0 Å². The lowest BCUT2D eigenvalue weighted by Crippen LogP contribution is -2.38. The summed E-state index contributed by atoms with van der Waals surface area (Å²) in [5.41, 5.74) is 2.39. The Bertz CT molecular complexity index is 662. The van der Waals surface area contributed by atoms with Crippen LogP contribution in [0.2, 0.25) is 0 Å². The van der Waals surface area contributed by atoms with E-state index in [0.29, 0.717) is 11.8 Å². The summed E-state index contributed by atoms with van der Waals surface area (Å²) in [4.78, 5) is 11.9. The predicted molar refractivity (Wildman–Crippen MR) is 97.4 cm³/mol. The fourth-order valence-corrected chi connectivity index (χ4v) is 4.19. The van der Waals surface area contributed by atoms with Crippen LogP contribution >= 0.6 is 0 Å². The maximum Gasteiger partial charge on any atom is 0.126 e. The molecular weight excluding hydrogens is 296 g/mol. The molecule has 1 saturated carbocycles. The zero-order valence-electron chi connectivity index (χ0n) is 14.6. The summed E-state index contributed by atoms with van der Waals surface area (Å²) < 4.78 is 5.28. The molecule has 0 aliphatic heterocycles. The van der Waals surface area contributed by atoms with Crippen molar-refractivity contribution in [3.05, 3.63) is 65.7 Å². The van der Waals surface area contributed by atoms with E-state index in [1.54, 1.807) is 7.11 Å². The van der Waals surface area contributed by atoms with Gasteiger partial charge in [-0.15, -0.1) is 0 Å². The lowest BCUT2D eigenvalue weighted by Gasteiger charge is -2.43. The fourth-order valence-electron chi connectivity index (χ4n) is 4.19. The molecule has 2 nitrogen and oxygen atoms in total. The van der Waals surface area contributed by atoms with Gasteiger partial charge in [-0.25, -0.2) is 0 Å². The summed E-state index contributed by atoms with van der Waals surface area (Å²) in [6.45, 7) is 2.14. The Balaban J connectivity index is 1.93. The second-order valence-corrected chi connectivity index (χ2v) is 7.19. The van der Waals surface area contributed by atoms with Crippen LogP contribution in [0.4, 0.5) is 0 Å². The van der Waals surface area contributed by atoms with Gasteiger partial charge in [0.15, 0.2) is 0 Å². The molecule has 0 unspecified atom stereocenters. The molecule has 2 aromatic carbocycles. The monoisotopic (exact) mass is 322 g/mol. The molecule has 2 heteroatoms. The number of benzene rings is 2. The molecule has 1 fully saturated rings. The predicted octanol–water partition coefficient (Wildman–Crippen LogP) is 5.03. The van der Waals surface area contributed by atoms with E-state index in [1.165, 1.54) is 17.4 Å². The standard InChI is InChI=1S/C22H26O2/c1-22(16-23)14-6-9-20(18-10-12-19(24-2)13-11-18)21(22)15-17-7-4-3-5-8-17/h3-5,7-8,10-13,16,20-21H,6,9,14-15H2,1-2H3/t20-,21+,22+/m0/s1. The van der Waals surface area contributed by atoms with E-state index in [9.17, 15) is 4.79 Å². The topological polar surface area (TPSA) is 26.3 Å². The second-order valence-electron chi connectivity index (χ2n) is 7.19. The number of hydrogen-bond donors (Lipinski definition) is 0. The molecule has 3 rings (SSSR count). The van der Waals surface area contributed by atoms with Crippen LogP contribution in [-0.4, -0.2) is 13.4 Å². The first-order chi connectivity index (χ1) is 11.7. The van der Waals surface area contributed by atoms with E-state index in [-0.39, 0.29) is 5.41 Å². The SMILES string of the molecule is COc1ccc([C@@H]2CCC[C@](C)(C=O)[C@@H]2Cc2ccccc2)cc1. The van der Waals surface area contributed by atoms with Crippen LogP contribution < -0.4 is 4.74 Å². The third-order valence-electron chi connectivity index (χ3n) is 5.67. The third-order valence-corrected chi connectivity index (χ3v) is 5.67. The molecule has 24 heavy (non-hydrogen) atoms. The van der Waals surface area contributed by atoms with Crippen molar-refractivity contribution in [2.75, 3.05) is 7.11 Å². The van der Waals surface area contributed by atoms with Gasteiger partial charge in [0.1, 0.15) is 12.0 Å². The summed E-state index contributed by atoms with van der Waals surface area (Å²) in [6.07, 6.45) is 5.40. The zero-order valence-corrected chi connectivity index (χ0v) is 14.6. The number of aldehydes is 1. The van der Waals surface area contributed by atoms with E-state index in [2.05, 4.69) is 43.3 Å². The van der Waals surface area contributed by atoms with Gasteiger partial charge in [-0.1, -0.05) is 55.8 Å². The maximum absolute atomic E-state index is 11.9. The molecule has 2 aromatic rings. The van der Waals surface area contributed by atoms with Crippen molar-refractivity contribution < 1.29 is 9.53 Å². The molecule has 0 bridgehead atoms. The van der Waals surface area contributed by atoms with E-state index >= 15 is 0 Å². The molecular formula is C22H26O2. The molecule has 0 radical (unpaired) electrons. The Hall–Kier alpha value is -2.09. The Morgan fingerprint density at radius 2 is 1.83 bits per heavy atom. The molecule has 0 N–H and O–H groups in total. The molecule has 126 valence electrons. The summed E-state index contributed by atoms with van der Waals surface area (Å²) in [5.74, 6) is 1.63. The fraction of sp³-hybridized carbons (Fsp3) is 0.409. The summed E-state index contributed by atoms with van der Waals surface area (Å²) in [7, 11) is 1.69. The van der Waals surface area contributed by atoms with Gasteiger partial charge in [0.05, 0.1) is 7.11 Å². The van der Waals surface area contributed by atoms with Crippen LogP contribution in [-0.2, 0) is 11.2 Å². The van der Waals surface area contributed by atoms with Crippen molar-refractivity contribution in [3.63, 3.8) is 0 Å². The van der Waals surface area contributed by atoms with Crippen LogP contribution in [0.5, 0.6) is 5.75 Å². The highest BCUT2D eigenvalue weighted by Crippen LogP contribution is 2.49. The molecule has 0 amide bonds. The highest BCUT2D eigenvalue weighted by Gasteiger charge is 2.42. The lowest BCUT2D eigenvalue weighted by molar-refractivity contribution is -0.120. The molecule has 1 aliphatic rings. The highest BCUT2D eigenvalue weighted by atomic mass is 16.5. The van der Waals surface area contributed by atoms with Crippen LogP contribution in [0.25, 0.3) is 0 Å². The van der Waals surface area contributed by atoms with E-state index < -0.39 is 0 Å². The normalized spacial score (nSPS) is 26.8. The van der Waals surface area contributed by atoms with Crippen molar-refractivity contribution in [1.29, 1.82) is 0 Å². The van der Waals surface area contributed by atoms with Gasteiger partial charge < -0.3 is 9.53 Å². The van der Waals surface area contributed by atoms with Crippen LogP contribution in [0.15, 0.2) is 54.6 Å². The van der Waals surface area contributed by atoms with Gasteiger partial charge >= 0.3 is 0 Å². The molecule has 0 aromatic heterocycles. The minimum Gasteiger partial charge on any atom is -0.497 e. The van der Waals surface area contributed by atoms with Crippen molar-refractivity contribution in [2.24, 2.45) is 11.3 Å². The number of ether oxygens (including phenoxy) is 1. The first kappa shape index (κ1) is 16.8.